The molecule has 3 aromatic rings. The van der Waals surface area contributed by atoms with Gasteiger partial charge in [0, 0.05) is 22.8 Å². The van der Waals surface area contributed by atoms with E-state index in [2.05, 4.69) is 24.1 Å². The highest BCUT2D eigenvalue weighted by Crippen LogP contribution is 2.34. The molecule has 170 valence electrons. The van der Waals surface area contributed by atoms with Crippen LogP contribution < -0.4 is 10.1 Å². The normalized spacial score (nSPS) is 11.6. The Balaban J connectivity index is 1.76. The van der Waals surface area contributed by atoms with Crippen LogP contribution in [0, 0.1) is 19.3 Å². The van der Waals surface area contributed by atoms with E-state index in [4.69, 9.17) is 9.47 Å². The summed E-state index contributed by atoms with van der Waals surface area (Å²) in [5.41, 5.74) is 4.33. The molecule has 32 heavy (non-hydrogen) atoms. The van der Waals surface area contributed by atoms with Crippen LogP contribution in [0.2, 0.25) is 0 Å². The van der Waals surface area contributed by atoms with Crippen molar-refractivity contribution in [1.82, 2.24) is 4.98 Å². The number of hydrogen-bond donors (Lipinski definition) is 2. The maximum Gasteiger partial charge on any atom is 0.397 e. The molecule has 0 saturated heterocycles. The Hall–Kier alpha value is -3.28. The zero-order valence-corrected chi connectivity index (χ0v) is 19.9. The smallest absolute Gasteiger partial charge is 0.397 e. The molecule has 0 aliphatic carbocycles. The van der Waals surface area contributed by atoms with Gasteiger partial charge in [-0.25, -0.2) is 4.79 Å². The second-order valence-electron chi connectivity index (χ2n) is 9.74. The summed E-state index contributed by atoms with van der Waals surface area (Å²) < 4.78 is 11.3. The predicted octanol–water partition coefficient (Wildman–Crippen LogP) is 6.23. The summed E-state index contributed by atoms with van der Waals surface area (Å²) in [7, 11) is 0. The summed E-state index contributed by atoms with van der Waals surface area (Å²) in [6, 6.07) is 9.56. The molecule has 6 nitrogen and oxygen atoms in total. The Kier molecular flexibility index (Phi) is 6.63. The van der Waals surface area contributed by atoms with Gasteiger partial charge in [0.05, 0.1) is 6.61 Å². The number of ether oxygens (including phenoxy) is 2. The minimum atomic E-state index is -0.892. The fourth-order valence-corrected chi connectivity index (χ4v) is 3.49. The second kappa shape index (κ2) is 9.07. The molecule has 0 saturated carbocycles. The highest BCUT2D eigenvalue weighted by Gasteiger charge is 2.20. The third kappa shape index (κ3) is 5.49. The van der Waals surface area contributed by atoms with Crippen molar-refractivity contribution in [3.05, 3.63) is 53.2 Å². The number of H-pyrrole nitrogens is 1. The number of fused-ring (bicyclic) bond motifs is 1. The van der Waals surface area contributed by atoms with Crippen molar-refractivity contribution in [3.8, 4) is 11.5 Å². The molecule has 0 bridgehead atoms. The number of esters is 1. The van der Waals surface area contributed by atoms with Crippen LogP contribution in [-0.4, -0.2) is 23.5 Å². The van der Waals surface area contributed by atoms with E-state index in [0.29, 0.717) is 11.6 Å². The van der Waals surface area contributed by atoms with Crippen molar-refractivity contribution in [2.45, 2.75) is 54.4 Å². The van der Waals surface area contributed by atoms with Gasteiger partial charge in [0.2, 0.25) is 0 Å². The van der Waals surface area contributed by atoms with E-state index in [9.17, 15) is 9.59 Å². The lowest BCUT2D eigenvalue weighted by atomic mass is 9.99. The molecule has 0 unspecified atom stereocenters. The summed E-state index contributed by atoms with van der Waals surface area (Å²) in [5.74, 6) is 0.185. The van der Waals surface area contributed by atoms with E-state index in [1.165, 1.54) is 5.56 Å². The van der Waals surface area contributed by atoms with Crippen LogP contribution in [0.5, 0.6) is 11.5 Å². The van der Waals surface area contributed by atoms with Crippen molar-refractivity contribution in [2.24, 2.45) is 5.41 Å². The minimum Gasteiger partial charge on any atom is -0.458 e. The van der Waals surface area contributed by atoms with Crippen molar-refractivity contribution in [2.75, 3.05) is 11.9 Å². The quantitative estimate of drug-likeness (QED) is 0.367. The molecule has 6 heteroatoms. The van der Waals surface area contributed by atoms with Crippen LogP contribution in [0.15, 0.2) is 36.5 Å². The third-order valence-corrected chi connectivity index (χ3v) is 5.07. The molecule has 1 heterocycles. The largest absolute Gasteiger partial charge is 0.458 e. The number of aromatic amines is 1. The molecule has 2 aromatic carbocycles. The van der Waals surface area contributed by atoms with Gasteiger partial charge in [0.15, 0.2) is 0 Å². The molecule has 0 radical (unpaired) electrons. The summed E-state index contributed by atoms with van der Waals surface area (Å²) >= 11 is 0. The van der Waals surface area contributed by atoms with Gasteiger partial charge in [-0.3, -0.25) is 4.79 Å². The molecule has 0 spiro atoms. The van der Waals surface area contributed by atoms with Crippen LogP contribution in [0.1, 0.15) is 57.2 Å². The van der Waals surface area contributed by atoms with Crippen LogP contribution in [0.4, 0.5) is 5.69 Å². The van der Waals surface area contributed by atoms with Crippen LogP contribution >= 0.6 is 0 Å². The maximum absolute atomic E-state index is 12.2. The van der Waals surface area contributed by atoms with E-state index >= 15 is 0 Å². The molecule has 0 aliphatic rings. The lowest BCUT2D eigenvalue weighted by Crippen LogP contribution is -2.28. The van der Waals surface area contributed by atoms with Gasteiger partial charge in [-0.2, -0.15) is 0 Å². The van der Waals surface area contributed by atoms with Gasteiger partial charge < -0.3 is 19.8 Å². The van der Waals surface area contributed by atoms with E-state index in [0.717, 1.165) is 33.5 Å². The number of amides is 1. The molecule has 0 atom stereocenters. The minimum absolute atomic E-state index is 0.175. The molecule has 2 N–H and O–H groups in total. The van der Waals surface area contributed by atoms with E-state index in [1.807, 2.05) is 59.0 Å². The number of aromatic nitrogens is 1. The van der Waals surface area contributed by atoms with Gasteiger partial charge in [-0.15, -0.1) is 0 Å². The van der Waals surface area contributed by atoms with E-state index in [1.54, 1.807) is 12.1 Å². The highest BCUT2D eigenvalue weighted by atomic mass is 16.5. The second-order valence-corrected chi connectivity index (χ2v) is 9.74. The Morgan fingerprint density at radius 2 is 1.72 bits per heavy atom. The topological polar surface area (TPSA) is 80.4 Å². The zero-order chi connectivity index (χ0) is 23.6. The standard InChI is InChI=1S/C26H32N2O4/c1-15(2)21-13-27-22-9-8-19(12-20(21)22)32-23-16(3)10-18(11-17(23)4)28-24(29)25(30)31-14-26(5,6)7/h8-13,15,27H,14H2,1-7H3,(H,28,29). The molecular formula is C26H32N2O4. The fourth-order valence-electron chi connectivity index (χ4n) is 3.49. The molecular weight excluding hydrogens is 404 g/mol. The number of benzene rings is 2. The van der Waals surface area contributed by atoms with Crippen molar-refractivity contribution < 1.29 is 19.1 Å². The molecule has 0 fully saturated rings. The summed E-state index contributed by atoms with van der Waals surface area (Å²) in [6.07, 6.45) is 2.04. The highest BCUT2D eigenvalue weighted by molar-refractivity contribution is 6.37. The third-order valence-electron chi connectivity index (χ3n) is 5.07. The number of nitrogens with one attached hydrogen (secondary N) is 2. The Morgan fingerprint density at radius 3 is 2.31 bits per heavy atom. The predicted molar refractivity (Wildman–Crippen MR) is 127 cm³/mol. The average molecular weight is 437 g/mol. The first-order valence-electron chi connectivity index (χ1n) is 10.8. The zero-order valence-electron chi connectivity index (χ0n) is 19.9. The fraction of sp³-hybridized carbons (Fsp3) is 0.385. The number of carbonyl (C=O) groups is 2. The lowest BCUT2D eigenvalue weighted by molar-refractivity contribution is -0.154. The maximum atomic E-state index is 12.2. The van der Waals surface area contributed by atoms with Crippen LogP contribution in [0.3, 0.4) is 0 Å². The molecule has 1 amide bonds. The van der Waals surface area contributed by atoms with Gasteiger partial charge in [-0.1, -0.05) is 34.6 Å². The number of aryl methyl sites for hydroxylation is 2. The molecule has 1 aromatic heterocycles. The summed E-state index contributed by atoms with van der Waals surface area (Å²) in [5, 5.41) is 3.76. The summed E-state index contributed by atoms with van der Waals surface area (Å²) in [4.78, 5) is 27.5. The monoisotopic (exact) mass is 436 g/mol. The van der Waals surface area contributed by atoms with Crippen LogP contribution in [-0.2, 0) is 14.3 Å². The van der Waals surface area contributed by atoms with E-state index in [-0.39, 0.29) is 12.0 Å². The SMILES string of the molecule is Cc1cc(NC(=O)C(=O)OCC(C)(C)C)cc(C)c1Oc1ccc2[nH]cc(C(C)C)c2c1. The first-order chi connectivity index (χ1) is 14.9. The van der Waals surface area contributed by atoms with Gasteiger partial charge in [0.25, 0.3) is 0 Å². The van der Waals surface area contributed by atoms with E-state index < -0.39 is 11.9 Å². The Bertz CT molecular complexity index is 1130. The van der Waals surface area contributed by atoms with Crippen molar-refractivity contribution in [1.29, 1.82) is 0 Å². The summed E-state index contributed by atoms with van der Waals surface area (Å²) in [6.45, 7) is 14.1. The van der Waals surface area contributed by atoms with Crippen molar-refractivity contribution in [3.63, 3.8) is 0 Å². The number of rotatable bonds is 5. The molecule has 3 rings (SSSR count). The van der Waals surface area contributed by atoms with Gasteiger partial charge in [-0.05, 0) is 72.2 Å². The Labute approximate surface area is 189 Å². The molecule has 0 aliphatic heterocycles. The number of hydrogen-bond acceptors (Lipinski definition) is 4. The first kappa shape index (κ1) is 23.4. The number of carbonyl (C=O) groups excluding carboxylic acids is 2. The Morgan fingerprint density at radius 1 is 1.06 bits per heavy atom. The first-order valence-corrected chi connectivity index (χ1v) is 10.8. The van der Waals surface area contributed by atoms with Gasteiger partial charge >= 0.3 is 11.9 Å². The van der Waals surface area contributed by atoms with Crippen molar-refractivity contribution >= 4 is 28.5 Å². The van der Waals surface area contributed by atoms with Crippen LogP contribution in [0.25, 0.3) is 10.9 Å². The number of anilines is 1. The lowest BCUT2D eigenvalue weighted by Gasteiger charge is -2.18. The van der Waals surface area contributed by atoms with Gasteiger partial charge in [0.1, 0.15) is 11.5 Å². The average Bonchev–Trinajstić information content (AvgIpc) is 3.11.